The number of aliphatic hydroxyl groups excluding tert-OH is 1. The third kappa shape index (κ3) is 2.90. The number of aliphatic hydroxyl groups is 3. The first kappa shape index (κ1) is 21.6. The molecule has 2 aliphatic heterocycles. The molecule has 1 spiro atoms. The van der Waals surface area contributed by atoms with Gasteiger partial charge in [-0.3, -0.25) is 4.79 Å². The van der Waals surface area contributed by atoms with E-state index in [1.54, 1.807) is 7.11 Å². The summed E-state index contributed by atoms with van der Waals surface area (Å²) in [6.07, 6.45) is 3.23. The highest BCUT2D eigenvalue weighted by molar-refractivity contribution is 5.90. The number of nitrogens with zero attached hydrogens (tertiary/aromatic N) is 1. The van der Waals surface area contributed by atoms with Crippen LogP contribution in [0.4, 0.5) is 0 Å². The number of carbonyl (C=O) groups is 1. The number of likely N-dealkylation sites (N-methyl/N-ethyl adjacent to an activating group) is 1. The van der Waals surface area contributed by atoms with Gasteiger partial charge in [0.15, 0.2) is 29.7 Å². The van der Waals surface area contributed by atoms with E-state index < -0.39 is 23.4 Å². The van der Waals surface area contributed by atoms with Crippen LogP contribution < -0.4 is 9.47 Å². The van der Waals surface area contributed by atoms with Gasteiger partial charge < -0.3 is 29.7 Å². The molecule has 2 bridgehead atoms. The summed E-state index contributed by atoms with van der Waals surface area (Å²) in [5, 5.41) is 28.2. The highest BCUT2D eigenvalue weighted by Crippen LogP contribution is 2.64. The van der Waals surface area contributed by atoms with E-state index in [1.807, 2.05) is 13.0 Å². The summed E-state index contributed by atoms with van der Waals surface area (Å²) in [5.74, 6) is 1.47. The smallest absolute Gasteiger partial charge is 0.174 e. The quantitative estimate of drug-likeness (QED) is 0.637. The predicted octanol–water partition coefficient (Wildman–Crippen LogP) is 1.54. The monoisotopic (exact) mass is 419 g/mol. The summed E-state index contributed by atoms with van der Waals surface area (Å²) >= 11 is 0. The number of unbranched alkanes of at least 4 members (excludes halogenated alkanes) is 1. The molecule has 0 unspecified atom stereocenters. The number of likely N-dealkylation sites (tertiary alicyclic amines) is 1. The van der Waals surface area contributed by atoms with Crippen molar-refractivity contribution in [1.29, 1.82) is 0 Å². The summed E-state index contributed by atoms with van der Waals surface area (Å²) < 4.78 is 11.6. The van der Waals surface area contributed by atoms with Gasteiger partial charge in [-0.2, -0.15) is 0 Å². The van der Waals surface area contributed by atoms with Gasteiger partial charge in [-0.15, -0.1) is 0 Å². The van der Waals surface area contributed by atoms with Crippen molar-refractivity contribution in [3.8, 4) is 11.5 Å². The van der Waals surface area contributed by atoms with Gasteiger partial charge in [0.05, 0.1) is 18.1 Å². The molecule has 1 saturated carbocycles. The second kappa shape index (κ2) is 7.79. The SMILES string of the molecule is CCCCC(O)O.COc1ccc2c3c1O[C@H]1C(=O)CC[C@@]4(O)[C@@H](C2)N(C)CC[C@]314. The Morgan fingerprint density at radius 3 is 2.73 bits per heavy atom. The highest BCUT2D eigenvalue weighted by Gasteiger charge is 2.72. The first-order chi connectivity index (χ1) is 14.3. The van der Waals surface area contributed by atoms with E-state index in [4.69, 9.17) is 19.7 Å². The Morgan fingerprint density at radius 2 is 2.10 bits per heavy atom. The molecule has 4 atom stereocenters. The normalized spacial score (nSPS) is 33.5. The molecular weight excluding hydrogens is 386 g/mol. The fourth-order valence-electron chi connectivity index (χ4n) is 6.07. The third-order valence-electron chi connectivity index (χ3n) is 7.55. The lowest BCUT2D eigenvalue weighted by atomic mass is 9.49. The van der Waals surface area contributed by atoms with E-state index in [9.17, 15) is 9.90 Å². The van der Waals surface area contributed by atoms with Crippen LogP contribution in [0.5, 0.6) is 11.5 Å². The number of benzene rings is 1. The summed E-state index contributed by atoms with van der Waals surface area (Å²) in [7, 11) is 3.70. The molecule has 30 heavy (non-hydrogen) atoms. The van der Waals surface area contributed by atoms with Crippen LogP contribution in [0, 0.1) is 0 Å². The van der Waals surface area contributed by atoms with Gasteiger partial charge in [-0.25, -0.2) is 0 Å². The maximum atomic E-state index is 12.7. The maximum absolute atomic E-state index is 12.7. The lowest BCUT2D eigenvalue weighted by Gasteiger charge is -2.62. The van der Waals surface area contributed by atoms with Crippen LogP contribution in [0.3, 0.4) is 0 Å². The van der Waals surface area contributed by atoms with Gasteiger partial charge in [0.2, 0.25) is 0 Å². The molecule has 0 amide bonds. The Bertz CT molecular complexity index is 826. The van der Waals surface area contributed by atoms with Crippen molar-refractivity contribution in [2.75, 3.05) is 20.7 Å². The number of ether oxygens (including phenoxy) is 2. The second-order valence-corrected chi connectivity index (χ2v) is 9.06. The largest absolute Gasteiger partial charge is 0.493 e. The number of Topliss-reactive ketones (excluding diaryl/α,β-unsaturated/α-hetero) is 1. The van der Waals surface area contributed by atoms with Crippen LogP contribution in [0.1, 0.15) is 56.6 Å². The summed E-state index contributed by atoms with van der Waals surface area (Å²) in [4.78, 5) is 14.9. The number of hydrogen-bond donors (Lipinski definition) is 3. The number of piperidine rings is 1. The fraction of sp³-hybridized carbons (Fsp3) is 0.696. The van der Waals surface area contributed by atoms with Crippen LogP contribution >= 0.6 is 0 Å². The van der Waals surface area contributed by atoms with Crippen molar-refractivity contribution in [2.24, 2.45) is 0 Å². The number of carbonyl (C=O) groups excluding carboxylic acids is 1. The first-order valence-electron chi connectivity index (χ1n) is 11.0. The van der Waals surface area contributed by atoms with Crippen LogP contribution in [0.25, 0.3) is 0 Å². The molecule has 2 fully saturated rings. The Morgan fingerprint density at radius 1 is 1.33 bits per heavy atom. The zero-order chi connectivity index (χ0) is 21.7. The minimum absolute atomic E-state index is 0.0438. The van der Waals surface area contributed by atoms with E-state index in [-0.39, 0.29) is 11.8 Å². The lowest BCUT2D eigenvalue weighted by molar-refractivity contribution is -0.185. The maximum Gasteiger partial charge on any atom is 0.174 e. The molecule has 1 saturated heterocycles. The standard InChI is InChI=1S/C18H21NO4.C5H12O2/c1-19-8-7-17-14-10-3-4-12(22-2)15(14)23-16(17)11(20)5-6-18(17,21)13(19)9-10;1-2-3-4-5(6)7/h3-4,13,16,21H,5-9H2,1-2H3;5-7H,2-4H2,1H3/t13-,16+,17+,18-;/m1./s1. The molecule has 1 aromatic rings. The van der Waals surface area contributed by atoms with Crippen molar-refractivity contribution in [1.82, 2.24) is 4.90 Å². The first-order valence-corrected chi connectivity index (χ1v) is 11.0. The van der Waals surface area contributed by atoms with Gasteiger partial charge in [0.25, 0.3) is 0 Å². The summed E-state index contributed by atoms with van der Waals surface area (Å²) in [6.45, 7) is 2.89. The van der Waals surface area contributed by atoms with Crippen LogP contribution in [0.2, 0.25) is 0 Å². The number of hydrogen-bond acceptors (Lipinski definition) is 7. The minimum atomic E-state index is -1.10. The summed E-state index contributed by atoms with van der Waals surface area (Å²) in [5.41, 5.74) is 0.737. The molecule has 166 valence electrons. The molecule has 7 heteroatoms. The van der Waals surface area contributed by atoms with Gasteiger partial charge in [-0.1, -0.05) is 19.4 Å². The van der Waals surface area contributed by atoms with Crippen molar-refractivity contribution in [3.63, 3.8) is 0 Å². The Kier molecular flexibility index (Phi) is 5.60. The second-order valence-electron chi connectivity index (χ2n) is 9.06. The van der Waals surface area contributed by atoms with Gasteiger partial charge in [-0.05, 0) is 57.3 Å². The number of rotatable bonds is 4. The molecule has 7 nitrogen and oxygen atoms in total. The molecule has 2 aliphatic carbocycles. The zero-order valence-corrected chi connectivity index (χ0v) is 18.1. The van der Waals surface area contributed by atoms with E-state index >= 15 is 0 Å². The van der Waals surface area contributed by atoms with Crippen molar-refractivity contribution >= 4 is 5.78 Å². The fourth-order valence-corrected chi connectivity index (χ4v) is 6.07. The molecule has 3 N–H and O–H groups in total. The lowest BCUT2D eigenvalue weighted by Crippen LogP contribution is -2.76. The highest BCUT2D eigenvalue weighted by atomic mass is 16.5. The zero-order valence-electron chi connectivity index (χ0n) is 18.1. The molecular formula is C23H33NO6. The van der Waals surface area contributed by atoms with Gasteiger partial charge in [0, 0.05) is 18.0 Å². The van der Waals surface area contributed by atoms with E-state index in [1.165, 1.54) is 5.56 Å². The molecule has 5 rings (SSSR count). The van der Waals surface area contributed by atoms with Crippen LogP contribution in [-0.2, 0) is 16.6 Å². The minimum Gasteiger partial charge on any atom is -0.493 e. The number of methoxy groups -OCH3 is 1. The molecule has 0 radical (unpaired) electrons. The Balaban J connectivity index is 0.000000272. The Hall–Kier alpha value is -1.67. The van der Waals surface area contributed by atoms with Crippen molar-refractivity contribution in [2.45, 2.75) is 81.3 Å². The average Bonchev–Trinajstić information content (AvgIpc) is 3.08. The van der Waals surface area contributed by atoms with E-state index in [0.717, 1.165) is 37.8 Å². The van der Waals surface area contributed by atoms with Crippen LogP contribution in [-0.4, -0.2) is 70.7 Å². The Labute approximate surface area is 177 Å². The van der Waals surface area contributed by atoms with E-state index in [0.29, 0.717) is 30.8 Å². The molecule has 4 aliphatic rings. The molecule has 1 aromatic carbocycles. The molecule has 2 heterocycles. The number of ketones is 1. The van der Waals surface area contributed by atoms with Gasteiger partial charge >= 0.3 is 0 Å². The van der Waals surface area contributed by atoms with Gasteiger partial charge in [0.1, 0.15) is 0 Å². The predicted molar refractivity (Wildman–Crippen MR) is 111 cm³/mol. The van der Waals surface area contributed by atoms with Crippen molar-refractivity contribution in [3.05, 3.63) is 23.3 Å². The van der Waals surface area contributed by atoms with Crippen molar-refractivity contribution < 1.29 is 29.6 Å². The van der Waals surface area contributed by atoms with E-state index in [2.05, 4.69) is 18.0 Å². The van der Waals surface area contributed by atoms with Crippen LogP contribution in [0.15, 0.2) is 12.1 Å². The average molecular weight is 420 g/mol. The summed E-state index contributed by atoms with van der Waals surface area (Å²) in [6, 6.07) is 4.05. The third-order valence-corrected chi connectivity index (χ3v) is 7.55. The molecule has 0 aromatic heterocycles. The topological polar surface area (TPSA) is 99.5 Å².